The molecule has 2 saturated heterocycles. The van der Waals surface area contributed by atoms with Crippen LogP contribution in [0.25, 0.3) is 10.9 Å². The van der Waals surface area contributed by atoms with E-state index in [1.54, 1.807) is 47.3 Å². The van der Waals surface area contributed by atoms with Crippen molar-refractivity contribution < 1.29 is 18.8 Å². The minimum absolute atomic E-state index is 0.193. The minimum atomic E-state index is -1.50. The summed E-state index contributed by atoms with van der Waals surface area (Å²) in [5.41, 5.74) is 0.415. The van der Waals surface area contributed by atoms with Crippen molar-refractivity contribution in [3.8, 4) is 0 Å². The summed E-state index contributed by atoms with van der Waals surface area (Å²) in [6.07, 6.45) is 2.01. The van der Waals surface area contributed by atoms with Crippen LogP contribution >= 0.6 is 22.9 Å². The molecular weight excluding hydrogens is 478 g/mol. The highest BCUT2D eigenvalue weighted by molar-refractivity contribution is 14.1. The largest absolute Gasteiger partial charge is 0.299 e. The molecule has 1 aromatic heterocycles. The molecule has 28 heavy (non-hydrogen) atoms. The first-order valence-electron chi connectivity index (χ1n) is 8.97. The molecule has 7 nitrogen and oxygen atoms in total. The Hall–Kier alpha value is -2.14. The molecule has 4 heterocycles. The third-order valence-corrected chi connectivity index (χ3v) is 6.76. The Labute approximate surface area is 174 Å². The second kappa shape index (κ2) is 5.93. The van der Waals surface area contributed by atoms with Crippen molar-refractivity contribution in [2.45, 2.75) is 24.6 Å². The van der Waals surface area contributed by atoms with Crippen LogP contribution in [0.4, 0.5) is 10.1 Å². The number of carbonyl (C=O) groups is 3. The van der Waals surface area contributed by atoms with E-state index in [2.05, 4.69) is 4.98 Å². The van der Waals surface area contributed by atoms with Crippen LogP contribution < -0.4 is 4.90 Å². The van der Waals surface area contributed by atoms with Crippen LogP contribution in [0, 0.1) is 0 Å². The Bertz CT molecular complexity index is 1070. The van der Waals surface area contributed by atoms with E-state index in [1.165, 1.54) is 4.90 Å². The molecule has 2 aromatic rings. The number of hydrogen-bond donors (Lipinski definition) is 0. The average molecular weight is 494 g/mol. The van der Waals surface area contributed by atoms with Gasteiger partial charge in [-0.3, -0.25) is 29.2 Å². The van der Waals surface area contributed by atoms with E-state index in [0.29, 0.717) is 27.7 Å². The number of piperidine rings is 1. The van der Waals surface area contributed by atoms with Crippen LogP contribution in [0.5, 0.6) is 0 Å². The van der Waals surface area contributed by atoms with Gasteiger partial charge < -0.3 is 0 Å². The monoisotopic (exact) mass is 494 g/mol. The van der Waals surface area contributed by atoms with Gasteiger partial charge >= 0.3 is 0 Å². The molecule has 3 amide bonds. The molecule has 1 atom stereocenters. The summed E-state index contributed by atoms with van der Waals surface area (Å²) < 4.78 is 16.4. The lowest BCUT2D eigenvalue weighted by Gasteiger charge is -2.42. The van der Waals surface area contributed by atoms with Gasteiger partial charge in [-0.15, -0.1) is 0 Å². The number of likely N-dealkylation sites (tertiary alicyclic amines) is 1. The molecule has 1 unspecified atom stereocenters. The number of likely N-dealkylation sites (N-methyl/N-ethyl adjacent to an activating group) is 1. The summed E-state index contributed by atoms with van der Waals surface area (Å²) >= 11 is 1.68. The lowest BCUT2D eigenvalue weighted by Crippen LogP contribution is -2.54. The first-order chi connectivity index (χ1) is 13.3. The van der Waals surface area contributed by atoms with Crippen molar-refractivity contribution in [3.63, 3.8) is 0 Å². The van der Waals surface area contributed by atoms with Crippen LogP contribution in [0.1, 0.15) is 28.8 Å². The fraction of sp³-hybridized carbons (Fsp3) is 0.368. The molecule has 0 bridgehead atoms. The van der Waals surface area contributed by atoms with Gasteiger partial charge in [-0.1, -0.05) is 6.07 Å². The number of alkyl halides is 1. The summed E-state index contributed by atoms with van der Waals surface area (Å²) in [7, 11) is 1.85. The molecule has 0 aliphatic carbocycles. The van der Waals surface area contributed by atoms with Crippen LogP contribution in [-0.4, -0.2) is 56.9 Å². The van der Waals surface area contributed by atoms with Crippen molar-refractivity contribution in [1.82, 2.24) is 13.0 Å². The van der Waals surface area contributed by atoms with Crippen LogP contribution in [-0.2, 0) is 15.3 Å². The smallest absolute Gasteiger partial charge is 0.261 e. The van der Waals surface area contributed by atoms with Crippen molar-refractivity contribution in [2.75, 3.05) is 25.0 Å². The summed E-state index contributed by atoms with van der Waals surface area (Å²) in [6.45, 7) is 0.552. The molecule has 0 radical (unpaired) electrons. The number of carbonyl (C=O) groups excluding carboxylic acids is 3. The van der Waals surface area contributed by atoms with Gasteiger partial charge in [0.15, 0.2) is 5.67 Å². The lowest BCUT2D eigenvalue weighted by molar-refractivity contribution is -0.140. The Morgan fingerprint density at radius 1 is 1.21 bits per heavy atom. The molecule has 3 aliphatic rings. The van der Waals surface area contributed by atoms with E-state index in [4.69, 9.17) is 0 Å². The molecular formula is C19H16FIN4O3. The number of hydrogen-bond acceptors (Lipinski definition) is 5. The molecule has 2 fully saturated rings. The zero-order chi connectivity index (χ0) is 19.8. The number of benzene rings is 1. The molecule has 9 heteroatoms. The second-order valence-electron chi connectivity index (χ2n) is 7.59. The minimum Gasteiger partial charge on any atom is -0.299 e. The highest BCUT2D eigenvalue weighted by Crippen LogP contribution is 2.45. The Balaban J connectivity index is 1.64. The number of pyridine rings is 1. The number of nitrogens with zero attached hydrogens (tertiary/aromatic N) is 4. The summed E-state index contributed by atoms with van der Waals surface area (Å²) in [5, 5.41) is 0.585. The molecule has 3 aliphatic heterocycles. The lowest BCUT2D eigenvalue weighted by atomic mass is 9.86. The third kappa shape index (κ3) is 2.29. The van der Waals surface area contributed by atoms with E-state index in [9.17, 15) is 14.4 Å². The van der Waals surface area contributed by atoms with E-state index < -0.39 is 17.6 Å². The van der Waals surface area contributed by atoms with Crippen molar-refractivity contribution in [1.29, 1.82) is 0 Å². The van der Waals surface area contributed by atoms with Crippen molar-refractivity contribution >= 4 is 57.2 Å². The van der Waals surface area contributed by atoms with Gasteiger partial charge in [0.05, 0.1) is 39.6 Å². The fourth-order valence-electron chi connectivity index (χ4n) is 4.49. The fourth-order valence-corrected chi connectivity index (χ4v) is 5.06. The van der Waals surface area contributed by atoms with Gasteiger partial charge in [0.2, 0.25) is 5.91 Å². The zero-order valence-electron chi connectivity index (χ0n) is 15.0. The van der Waals surface area contributed by atoms with Crippen LogP contribution in [0.2, 0.25) is 0 Å². The standard InChI is InChI=1S/C19H16FIN4O3/c1-23-8-19(20,9-23)11-3-2-10-15-12(6-7-22-16(11)15)24(17(10)27)13-4-5-14(26)25(21)18(13)28/h2-3,6-7,13H,4-5,8-9H2,1H3. The number of imide groups is 1. The highest BCUT2D eigenvalue weighted by Gasteiger charge is 2.47. The zero-order valence-corrected chi connectivity index (χ0v) is 17.1. The van der Waals surface area contributed by atoms with E-state index in [1.807, 2.05) is 11.9 Å². The first-order valence-corrected chi connectivity index (χ1v) is 9.94. The van der Waals surface area contributed by atoms with Gasteiger partial charge in [0, 0.05) is 36.7 Å². The predicted octanol–water partition coefficient (Wildman–Crippen LogP) is 2.17. The molecule has 0 saturated carbocycles. The van der Waals surface area contributed by atoms with Gasteiger partial charge in [0.25, 0.3) is 11.8 Å². The first kappa shape index (κ1) is 17.9. The maximum absolute atomic E-state index is 15.3. The Morgan fingerprint density at radius 3 is 2.68 bits per heavy atom. The molecule has 0 N–H and O–H groups in total. The second-order valence-corrected chi connectivity index (χ2v) is 8.56. The number of amides is 3. The van der Waals surface area contributed by atoms with Gasteiger partial charge in [-0.2, -0.15) is 0 Å². The predicted molar refractivity (Wildman–Crippen MR) is 108 cm³/mol. The van der Waals surface area contributed by atoms with Gasteiger partial charge in [-0.25, -0.2) is 7.50 Å². The average Bonchev–Trinajstić information content (AvgIpc) is 2.93. The summed E-state index contributed by atoms with van der Waals surface area (Å²) in [6, 6.07) is 4.20. The van der Waals surface area contributed by atoms with Crippen LogP contribution in [0.15, 0.2) is 24.4 Å². The number of aromatic nitrogens is 1. The maximum atomic E-state index is 15.3. The van der Waals surface area contributed by atoms with E-state index in [-0.39, 0.29) is 37.7 Å². The van der Waals surface area contributed by atoms with Crippen molar-refractivity contribution in [3.05, 3.63) is 35.5 Å². The summed E-state index contributed by atoms with van der Waals surface area (Å²) in [4.78, 5) is 45.4. The summed E-state index contributed by atoms with van der Waals surface area (Å²) in [5.74, 6) is -0.983. The molecule has 144 valence electrons. The van der Waals surface area contributed by atoms with Crippen LogP contribution in [0.3, 0.4) is 0 Å². The Kier molecular flexibility index (Phi) is 3.80. The normalized spacial score (nSPS) is 24.2. The quantitative estimate of drug-likeness (QED) is 0.364. The number of halogens is 2. The van der Waals surface area contributed by atoms with Gasteiger partial charge in [0.1, 0.15) is 6.04 Å². The third-order valence-electron chi connectivity index (χ3n) is 5.74. The molecule has 1 aromatic carbocycles. The number of anilines is 1. The Morgan fingerprint density at radius 2 is 1.96 bits per heavy atom. The van der Waals surface area contributed by atoms with E-state index >= 15 is 4.39 Å². The SMILES string of the molecule is CN1CC(F)(c2ccc3c4c(ccnc24)N(C2CCC(=O)N(I)C2=O)C3=O)C1. The maximum Gasteiger partial charge on any atom is 0.261 e. The molecule has 0 spiro atoms. The molecule has 5 rings (SSSR count). The number of rotatable bonds is 2. The van der Waals surface area contributed by atoms with Crippen molar-refractivity contribution in [2.24, 2.45) is 0 Å². The highest BCUT2D eigenvalue weighted by atomic mass is 127. The topological polar surface area (TPSA) is 73.8 Å². The van der Waals surface area contributed by atoms with Gasteiger partial charge in [-0.05, 0) is 25.6 Å². The van der Waals surface area contributed by atoms with E-state index in [0.717, 1.165) is 3.11 Å².